The molecule has 0 saturated carbocycles. The molecule has 32 heavy (non-hydrogen) atoms. The number of anilines is 1. The Morgan fingerprint density at radius 2 is 1.66 bits per heavy atom. The first-order valence-electron chi connectivity index (χ1n) is 11.4. The molecule has 0 aromatic heterocycles. The number of hydrogen-bond acceptors (Lipinski definition) is 5. The lowest BCUT2D eigenvalue weighted by Gasteiger charge is -2.35. The molecule has 0 aliphatic carbocycles. The van der Waals surface area contributed by atoms with Crippen LogP contribution >= 0.6 is 0 Å². The predicted octanol–water partition coefficient (Wildman–Crippen LogP) is 2.30. The molecule has 1 saturated heterocycles. The standard InChI is InChI=1S/C25H32N4O3/c1-27-13-15-28(16-14-27)19-21(20-7-3-2-4-8-20)26-24(30)11-12-25(31)29-17-18-32-23-10-6-5-9-22(23)29/h2-10,21H,11-19H2,1H3,(H,26,30). The van der Waals surface area contributed by atoms with Gasteiger partial charge in [-0.25, -0.2) is 0 Å². The third kappa shape index (κ3) is 5.66. The van der Waals surface area contributed by atoms with E-state index in [1.165, 1.54) is 0 Å². The van der Waals surface area contributed by atoms with Crippen LogP contribution in [-0.2, 0) is 9.59 Å². The SMILES string of the molecule is CN1CCN(CC(NC(=O)CCC(=O)N2CCOc3ccccc32)c2ccccc2)CC1. The number of carbonyl (C=O) groups is 2. The van der Waals surface area contributed by atoms with Crippen molar-refractivity contribution in [2.45, 2.75) is 18.9 Å². The van der Waals surface area contributed by atoms with Gasteiger partial charge in [0.2, 0.25) is 11.8 Å². The monoisotopic (exact) mass is 436 g/mol. The number of hydrogen-bond donors (Lipinski definition) is 1. The van der Waals surface area contributed by atoms with Gasteiger partial charge in [-0.15, -0.1) is 0 Å². The number of likely N-dealkylation sites (N-methyl/N-ethyl adjacent to an activating group) is 1. The van der Waals surface area contributed by atoms with Gasteiger partial charge in [0.05, 0.1) is 18.3 Å². The molecule has 0 spiro atoms. The van der Waals surface area contributed by atoms with E-state index >= 15 is 0 Å². The molecule has 7 heteroatoms. The maximum Gasteiger partial charge on any atom is 0.227 e. The van der Waals surface area contributed by atoms with Crippen LogP contribution in [0.5, 0.6) is 5.75 Å². The summed E-state index contributed by atoms with van der Waals surface area (Å²) in [5, 5.41) is 3.18. The molecule has 2 aromatic rings. The van der Waals surface area contributed by atoms with Gasteiger partial charge < -0.3 is 19.9 Å². The number of rotatable bonds is 7. The molecule has 2 amide bonds. The van der Waals surface area contributed by atoms with Crippen LogP contribution in [0.2, 0.25) is 0 Å². The van der Waals surface area contributed by atoms with Crippen molar-refractivity contribution in [2.75, 3.05) is 57.8 Å². The zero-order chi connectivity index (χ0) is 22.3. The van der Waals surface area contributed by atoms with E-state index in [9.17, 15) is 9.59 Å². The first-order chi connectivity index (χ1) is 15.6. The molecule has 0 radical (unpaired) electrons. The van der Waals surface area contributed by atoms with E-state index < -0.39 is 0 Å². The van der Waals surface area contributed by atoms with Crippen LogP contribution < -0.4 is 15.0 Å². The van der Waals surface area contributed by atoms with Crippen molar-refractivity contribution in [3.8, 4) is 5.75 Å². The van der Waals surface area contributed by atoms with E-state index in [1.807, 2.05) is 42.5 Å². The maximum absolute atomic E-state index is 12.8. The lowest BCUT2D eigenvalue weighted by Crippen LogP contribution is -2.48. The fraction of sp³-hybridized carbons (Fsp3) is 0.440. The van der Waals surface area contributed by atoms with E-state index in [0.29, 0.717) is 18.9 Å². The molecule has 1 N–H and O–H groups in total. The Kier molecular flexibility index (Phi) is 7.39. The molecule has 2 heterocycles. The number of nitrogens with zero attached hydrogens (tertiary/aromatic N) is 3. The molecule has 2 aliphatic rings. The van der Waals surface area contributed by atoms with Gasteiger partial charge >= 0.3 is 0 Å². The maximum atomic E-state index is 12.8. The third-order valence-electron chi connectivity index (χ3n) is 6.17. The first-order valence-corrected chi connectivity index (χ1v) is 11.4. The van der Waals surface area contributed by atoms with Crippen LogP contribution in [0.3, 0.4) is 0 Å². The number of fused-ring (bicyclic) bond motifs is 1. The number of ether oxygens (including phenoxy) is 1. The van der Waals surface area contributed by atoms with Gasteiger partial charge in [0.25, 0.3) is 0 Å². The number of benzene rings is 2. The first kappa shape index (κ1) is 22.3. The second-order valence-corrected chi connectivity index (χ2v) is 8.50. The molecular formula is C25H32N4O3. The van der Waals surface area contributed by atoms with Gasteiger partial charge in [0.15, 0.2) is 0 Å². The van der Waals surface area contributed by atoms with Crippen molar-refractivity contribution >= 4 is 17.5 Å². The molecule has 1 fully saturated rings. The fourth-order valence-corrected chi connectivity index (χ4v) is 4.26. The minimum Gasteiger partial charge on any atom is -0.490 e. The molecule has 2 aliphatic heterocycles. The normalized spacial score (nSPS) is 17.8. The highest BCUT2D eigenvalue weighted by Gasteiger charge is 2.25. The van der Waals surface area contributed by atoms with Gasteiger partial charge in [-0.1, -0.05) is 42.5 Å². The molecule has 7 nitrogen and oxygen atoms in total. The summed E-state index contributed by atoms with van der Waals surface area (Å²) in [4.78, 5) is 32.1. The van der Waals surface area contributed by atoms with Crippen LogP contribution in [0, 0.1) is 0 Å². The number of carbonyl (C=O) groups excluding carboxylic acids is 2. The summed E-state index contributed by atoms with van der Waals surface area (Å²) >= 11 is 0. The summed E-state index contributed by atoms with van der Waals surface area (Å²) in [5.74, 6) is 0.571. The zero-order valence-electron chi connectivity index (χ0n) is 18.7. The van der Waals surface area contributed by atoms with E-state index in [0.717, 1.165) is 44.0 Å². The largest absolute Gasteiger partial charge is 0.490 e. The smallest absolute Gasteiger partial charge is 0.227 e. The van der Waals surface area contributed by atoms with Gasteiger partial charge in [-0.05, 0) is 24.7 Å². The molecule has 2 aromatic carbocycles. The highest BCUT2D eigenvalue weighted by atomic mass is 16.5. The Morgan fingerprint density at radius 1 is 0.938 bits per heavy atom. The zero-order valence-corrected chi connectivity index (χ0v) is 18.7. The molecule has 0 bridgehead atoms. The van der Waals surface area contributed by atoms with E-state index in [-0.39, 0.29) is 30.7 Å². The molecule has 1 unspecified atom stereocenters. The lowest BCUT2D eigenvalue weighted by molar-refractivity contribution is -0.126. The lowest BCUT2D eigenvalue weighted by atomic mass is 10.1. The Bertz CT molecular complexity index is 912. The summed E-state index contributed by atoms with van der Waals surface area (Å²) in [6.07, 6.45) is 0.348. The van der Waals surface area contributed by atoms with Gasteiger partial charge in [0.1, 0.15) is 12.4 Å². The number of amides is 2. The van der Waals surface area contributed by atoms with Gasteiger partial charge in [-0.3, -0.25) is 14.5 Å². The van der Waals surface area contributed by atoms with Crippen molar-refractivity contribution in [2.24, 2.45) is 0 Å². The number of para-hydroxylation sites is 2. The molecule has 4 rings (SSSR count). The summed E-state index contributed by atoms with van der Waals surface area (Å²) in [6, 6.07) is 17.5. The Morgan fingerprint density at radius 3 is 2.44 bits per heavy atom. The van der Waals surface area contributed by atoms with Crippen LogP contribution in [0.15, 0.2) is 54.6 Å². The summed E-state index contributed by atoms with van der Waals surface area (Å²) in [6.45, 7) is 5.79. The second-order valence-electron chi connectivity index (χ2n) is 8.50. The van der Waals surface area contributed by atoms with Crippen molar-refractivity contribution in [3.05, 3.63) is 60.2 Å². The molecule has 170 valence electrons. The van der Waals surface area contributed by atoms with Crippen molar-refractivity contribution < 1.29 is 14.3 Å². The summed E-state index contributed by atoms with van der Waals surface area (Å²) in [5.41, 5.74) is 1.87. The van der Waals surface area contributed by atoms with Gasteiger partial charge in [-0.2, -0.15) is 0 Å². The van der Waals surface area contributed by atoms with Gasteiger partial charge in [0, 0.05) is 45.6 Å². The van der Waals surface area contributed by atoms with Crippen molar-refractivity contribution in [1.29, 1.82) is 0 Å². The minimum absolute atomic E-state index is 0.0498. The highest BCUT2D eigenvalue weighted by Crippen LogP contribution is 2.31. The number of piperazine rings is 1. The quantitative estimate of drug-likeness (QED) is 0.722. The average molecular weight is 437 g/mol. The average Bonchev–Trinajstić information content (AvgIpc) is 2.83. The predicted molar refractivity (Wildman–Crippen MR) is 125 cm³/mol. The Labute approximate surface area is 189 Å². The minimum atomic E-state index is -0.0946. The highest BCUT2D eigenvalue weighted by molar-refractivity contribution is 5.97. The topological polar surface area (TPSA) is 65.1 Å². The third-order valence-corrected chi connectivity index (χ3v) is 6.17. The number of nitrogens with one attached hydrogen (secondary N) is 1. The van der Waals surface area contributed by atoms with E-state index in [4.69, 9.17) is 4.74 Å². The Hall–Kier alpha value is -2.90. The van der Waals surface area contributed by atoms with Crippen LogP contribution in [0.1, 0.15) is 24.4 Å². The van der Waals surface area contributed by atoms with Crippen LogP contribution in [0.4, 0.5) is 5.69 Å². The summed E-state index contributed by atoms with van der Waals surface area (Å²) in [7, 11) is 2.14. The summed E-state index contributed by atoms with van der Waals surface area (Å²) < 4.78 is 5.63. The fourth-order valence-electron chi connectivity index (χ4n) is 4.26. The van der Waals surface area contributed by atoms with Crippen LogP contribution in [0.25, 0.3) is 0 Å². The van der Waals surface area contributed by atoms with E-state index in [1.54, 1.807) is 4.90 Å². The van der Waals surface area contributed by atoms with Crippen LogP contribution in [-0.4, -0.2) is 74.5 Å². The van der Waals surface area contributed by atoms with Crippen molar-refractivity contribution in [3.63, 3.8) is 0 Å². The molecule has 1 atom stereocenters. The van der Waals surface area contributed by atoms with E-state index in [2.05, 4.69) is 34.3 Å². The Balaban J connectivity index is 1.35. The molecular weight excluding hydrogens is 404 g/mol. The van der Waals surface area contributed by atoms with Crippen molar-refractivity contribution in [1.82, 2.24) is 15.1 Å². The second kappa shape index (κ2) is 10.6.